The molecule has 1 aromatic heterocycles. The van der Waals surface area contributed by atoms with Crippen molar-refractivity contribution in [2.75, 3.05) is 56.3 Å². The lowest BCUT2D eigenvalue weighted by Gasteiger charge is -2.25. The van der Waals surface area contributed by atoms with E-state index in [-0.39, 0.29) is 11.7 Å². The summed E-state index contributed by atoms with van der Waals surface area (Å²) in [6, 6.07) is 15.2. The van der Waals surface area contributed by atoms with E-state index in [0.29, 0.717) is 54.9 Å². The molecule has 3 N–H and O–H groups in total. The first kappa shape index (κ1) is 32.1. The number of hydrogen-bond acceptors (Lipinski definition) is 8. The Balaban J connectivity index is 1.41. The Morgan fingerprint density at radius 2 is 1.59 bits per heavy atom. The van der Waals surface area contributed by atoms with Gasteiger partial charge in [-0.05, 0) is 83.7 Å². The lowest BCUT2D eigenvalue weighted by molar-refractivity contribution is 0.0635. The summed E-state index contributed by atoms with van der Waals surface area (Å²) in [7, 11) is 3.97. The normalized spacial score (nSPS) is 12.3. The number of para-hydroxylation sites is 2. The van der Waals surface area contributed by atoms with Crippen molar-refractivity contribution in [2.45, 2.75) is 39.3 Å². The van der Waals surface area contributed by atoms with Crippen LogP contribution in [0.2, 0.25) is 0 Å². The molecule has 0 bridgehead atoms. The summed E-state index contributed by atoms with van der Waals surface area (Å²) >= 11 is 0. The van der Waals surface area contributed by atoms with Gasteiger partial charge in [-0.25, -0.2) is 9.59 Å². The molecule has 0 spiro atoms. The van der Waals surface area contributed by atoms with Crippen molar-refractivity contribution in [2.24, 2.45) is 0 Å². The molecule has 1 aliphatic rings. The van der Waals surface area contributed by atoms with E-state index >= 15 is 0 Å². The zero-order valence-electron chi connectivity index (χ0n) is 25.8. The Morgan fingerprint density at radius 1 is 0.886 bits per heavy atom. The van der Waals surface area contributed by atoms with E-state index in [0.717, 1.165) is 18.5 Å². The maximum atomic E-state index is 13.3. The molecular weight excluding hydrogens is 564 g/mol. The minimum atomic E-state index is -0.665. The largest absolute Gasteiger partial charge is 0.486 e. The summed E-state index contributed by atoms with van der Waals surface area (Å²) in [6.07, 6.45) is 1.72. The number of carbonyl (C=O) groups excluding carboxylic acids is 3. The minimum absolute atomic E-state index is 0.181. The average molecular weight is 605 g/mol. The highest BCUT2D eigenvalue weighted by molar-refractivity contribution is 6.05. The summed E-state index contributed by atoms with van der Waals surface area (Å²) in [5.74, 6) is 0.791. The lowest BCUT2D eigenvalue weighted by Crippen LogP contribution is -2.36. The van der Waals surface area contributed by atoms with Crippen LogP contribution in [0.4, 0.5) is 26.7 Å². The van der Waals surface area contributed by atoms with Gasteiger partial charge in [0.2, 0.25) is 0 Å². The van der Waals surface area contributed by atoms with Gasteiger partial charge in [0, 0.05) is 31.0 Å². The molecule has 2 aromatic carbocycles. The number of anilines is 3. The molecule has 0 saturated heterocycles. The summed E-state index contributed by atoms with van der Waals surface area (Å²) < 4.78 is 16.5. The van der Waals surface area contributed by atoms with Crippen molar-refractivity contribution < 1.29 is 28.6 Å². The van der Waals surface area contributed by atoms with E-state index in [4.69, 9.17) is 14.2 Å². The van der Waals surface area contributed by atoms with Gasteiger partial charge >= 0.3 is 12.1 Å². The van der Waals surface area contributed by atoms with Crippen LogP contribution in [0.25, 0.3) is 0 Å². The van der Waals surface area contributed by atoms with Gasteiger partial charge in [-0.1, -0.05) is 18.2 Å². The molecule has 1 aliphatic heterocycles. The SMILES string of the molecule is CN(C)CCCN(Cc1ccc(C(=O)Nc2ccccc2NC(=O)OC(C)(C)C)nc1)C(=O)Nc1ccc2c(c1)OCCO2. The number of benzene rings is 2. The number of carbonyl (C=O) groups is 3. The van der Waals surface area contributed by atoms with E-state index in [1.165, 1.54) is 0 Å². The second-order valence-corrected chi connectivity index (χ2v) is 11.5. The zero-order valence-corrected chi connectivity index (χ0v) is 25.8. The van der Waals surface area contributed by atoms with Crippen LogP contribution in [0, 0.1) is 0 Å². The number of rotatable bonds is 10. The van der Waals surface area contributed by atoms with Gasteiger partial charge in [-0.3, -0.25) is 15.1 Å². The van der Waals surface area contributed by atoms with E-state index in [1.807, 2.05) is 14.1 Å². The molecule has 0 aliphatic carbocycles. The van der Waals surface area contributed by atoms with Crippen molar-refractivity contribution in [3.05, 3.63) is 72.1 Å². The van der Waals surface area contributed by atoms with Gasteiger partial charge < -0.3 is 34.6 Å². The number of nitrogens with zero attached hydrogens (tertiary/aromatic N) is 3. The molecule has 0 fully saturated rings. The van der Waals surface area contributed by atoms with E-state index in [9.17, 15) is 14.4 Å². The van der Waals surface area contributed by atoms with Gasteiger partial charge in [0.05, 0.1) is 11.4 Å². The van der Waals surface area contributed by atoms with Crippen molar-refractivity contribution in [3.63, 3.8) is 0 Å². The molecule has 234 valence electrons. The second-order valence-electron chi connectivity index (χ2n) is 11.5. The average Bonchev–Trinajstić information content (AvgIpc) is 2.96. The van der Waals surface area contributed by atoms with E-state index < -0.39 is 17.6 Å². The molecule has 12 heteroatoms. The third-order valence-electron chi connectivity index (χ3n) is 6.36. The standard InChI is InChI=1S/C32H40N6O6/c1-32(2,3)44-31(41)36-25-10-7-6-9-24(25)35-29(39)26-13-11-22(20-33-26)21-38(16-8-15-37(4)5)30(40)34-23-12-14-27-28(19-23)43-18-17-42-27/h6-7,9-14,19-20H,8,15-18,21H2,1-5H3,(H,34,40)(H,35,39)(H,36,41). The Hall–Kier alpha value is -4.84. The molecule has 44 heavy (non-hydrogen) atoms. The Bertz CT molecular complexity index is 1450. The molecular formula is C32H40N6O6. The van der Waals surface area contributed by atoms with Crippen molar-refractivity contribution in [3.8, 4) is 11.5 Å². The smallest absolute Gasteiger partial charge is 0.412 e. The first-order valence-electron chi connectivity index (χ1n) is 14.4. The predicted molar refractivity (Wildman–Crippen MR) is 169 cm³/mol. The fourth-order valence-corrected chi connectivity index (χ4v) is 4.33. The van der Waals surface area contributed by atoms with Crippen LogP contribution >= 0.6 is 0 Å². The van der Waals surface area contributed by atoms with Gasteiger partial charge in [-0.2, -0.15) is 0 Å². The number of amides is 4. The van der Waals surface area contributed by atoms with Gasteiger partial charge in [0.15, 0.2) is 11.5 Å². The molecule has 2 heterocycles. The summed E-state index contributed by atoms with van der Waals surface area (Å²) in [4.78, 5) is 46.7. The van der Waals surface area contributed by atoms with Gasteiger partial charge in [0.25, 0.3) is 5.91 Å². The van der Waals surface area contributed by atoms with Crippen LogP contribution in [0.1, 0.15) is 43.2 Å². The topological polar surface area (TPSA) is 134 Å². The zero-order chi connectivity index (χ0) is 31.7. The first-order chi connectivity index (χ1) is 21.0. The van der Waals surface area contributed by atoms with Crippen molar-refractivity contribution in [1.29, 1.82) is 0 Å². The molecule has 0 unspecified atom stereocenters. The molecule has 3 aromatic rings. The number of ether oxygens (including phenoxy) is 3. The fourth-order valence-electron chi connectivity index (χ4n) is 4.33. The van der Waals surface area contributed by atoms with E-state index in [2.05, 4.69) is 25.8 Å². The van der Waals surface area contributed by atoms with E-state index in [1.54, 1.807) is 86.5 Å². The summed E-state index contributed by atoms with van der Waals surface area (Å²) in [5.41, 5.74) is 1.67. The minimum Gasteiger partial charge on any atom is -0.486 e. The molecule has 0 saturated carbocycles. The monoisotopic (exact) mass is 604 g/mol. The Kier molecular flexibility index (Phi) is 10.6. The molecule has 0 atom stereocenters. The van der Waals surface area contributed by atoms with Gasteiger partial charge in [0.1, 0.15) is 24.5 Å². The lowest BCUT2D eigenvalue weighted by atomic mass is 10.2. The third-order valence-corrected chi connectivity index (χ3v) is 6.36. The maximum absolute atomic E-state index is 13.3. The number of fused-ring (bicyclic) bond motifs is 1. The maximum Gasteiger partial charge on any atom is 0.412 e. The number of urea groups is 1. The van der Waals surface area contributed by atoms with Crippen LogP contribution in [0.3, 0.4) is 0 Å². The fraction of sp³-hybridized carbons (Fsp3) is 0.375. The highest BCUT2D eigenvalue weighted by Gasteiger charge is 2.20. The predicted octanol–water partition coefficient (Wildman–Crippen LogP) is 5.44. The highest BCUT2D eigenvalue weighted by atomic mass is 16.6. The van der Waals surface area contributed by atoms with Crippen LogP contribution in [0.5, 0.6) is 11.5 Å². The summed E-state index contributed by atoms with van der Waals surface area (Å²) in [6.45, 7) is 7.88. The van der Waals surface area contributed by atoms with Crippen LogP contribution < -0.4 is 25.4 Å². The van der Waals surface area contributed by atoms with Crippen molar-refractivity contribution >= 4 is 35.1 Å². The number of hydrogen-bond donors (Lipinski definition) is 3. The molecule has 0 radical (unpaired) electrons. The number of aromatic nitrogens is 1. The second kappa shape index (κ2) is 14.6. The van der Waals surface area contributed by atoms with Gasteiger partial charge in [-0.15, -0.1) is 0 Å². The highest BCUT2D eigenvalue weighted by Crippen LogP contribution is 2.32. The molecule has 12 nitrogen and oxygen atoms in total. The molecule has 4 amide bonds. The quantitative estimate of drug-likeness (QED) is 0.279. The Labute approximate surface area is 257 Å². The summed E-state index contributed by atoms with van der Waals surface area (Å²) in [5, 5.41) is 8.41. The third kappa shape index (κ3) is 9.60. The first-order valence-corrected chi connectivity index (χ1v) is 14.4. The van der Waals surface area contributed by atoms with Crippen LogP contribution in [0.15, 0.2) is 60.8 Å². The van der Waals surface area contributed by atoms with Crippen LogP contribution in [-0.4, -0.2) is 78.8 Å². The van der Waals surface area contributed by atoms with Crippen LogP contribution in [-0.2, 0) is 11.3 Å². The van der Waals surface area contributed by atoms with Crippen molar-refractivity contribution in [1.82, 2.24) is 14.8 Å². The number of pyridine rings is 1. The Morgan fingerprint density at radius 3 is 2.25 bits per heavy atom. The number of nitrogens with one attached hydrogen (secondary N) is 3. The molecule has 4 rings (SSSR count).